The van der Waals surface area contributed by atoms with E-state index in [4.69, 9.17) is 5.73 Å². The van der Waals surface area contributed by atoms with Crippen LogP contribution in [0.4, 0.5) is 0 Å². The van der Waals surface area contributed by atoms with Gasteiger partial charge >= 0.3 is 0 Å². The van der Waals surface area contributed by atoms with Crippen LogP contribution in [0.1, 0.15) is 32.4 Å². The van der Waals surface area contributed by atoms with Gasteiger partial charge in [-0.1, -0.05) is 30.3 Å². The smallest absolute Gasteiger partial charge is 0.242 e. The number of hydrogen-bond donors (Lipinski definition) is 3. The van der Waals surface area contributed by atoms with Crippen LogP contribution < -0.4 is 11.1 Å². The molecule has 17 heavy (non-hydrogen) atoms. The average molecular weight is 236 g/mol. The van der Waals surface area contributed by atoms with Crippen LogP contribution in [-0.4, -0.2) is 22.7 Å². The van der Waals surface area contributed by atoms with Gasteiger partial charge < -0.3 is 16.2 Å². The van der Waals surface area contributed by atoms with Gasteiger partial charge in [-0.05, 0) is 26.3 Å². The molecule has 0 saturated carbocycles. The van der Waals surface area contributed by atoms with Crippen LogP contribution in [0, 0.1) is 0 Å². The predicted octanol–water partition coefficient (Wildman–Crippen LogP) is 0.962. The molecule has 1 aromatic rings. The maximum atomic E-state index is 11.9. The second kappa shape index (κ2) is 5.29. The Bertz CT molecular complexity index is 374. The van der Waals surface area contributed by atoms with Crippen LogP contribution in [0.25, 0.3) is 0 Å². The molecule has 0 bridgehead atoms. The Morgan fingerprint density at radius 1 is 1.35 bits per heavy atom. The molecule has 0 aliphatic heterocycles. The molecular formula is C13H20N2O2. The molecule has 4 nitrogen and oxygen atoms in total. The third-order valence-electron chi connectivity index (χ3n) is 2.93. The Kier molecular flexibility index (Phi) is 4.26. The molecule has 0 aliphatic carbocycles. The lowest BCUT2D eigenvalue weighted by atomic mass is 9.97. The molecule has 0 aromatic heterocycles. The van der Waals surface area contributed by atoms with E-state index in [-0.39, 0.29) is 5.91 Å². The zero-order valence-electron chi connectivity index (χ0n) is 10.5. The van der Waals surface area contributed by atoms with Crippen molar-refractivity contribution in [2.45, 2.75) is 38.5 Å². The molecule has 1 unspecified atom stereocenters. The van der Waals surface area contributed by atoms with E-state index in [9.17, 15) is 9.90 Å². The van der Waals surface area contributed by atoms with Crippen molar-refractivity contribution < 1.29 is 9.90 Å². The molecule has 0 fully saturated rings. The van der Waals surface area contributed by atoms with E-state index in [0.717, 1.165) is 5.56 Å². The van der Waals surface area contributed by atoms with Gasteiger partial charge in [0.25, 0.3) is 0 Å². The molecule has 0 heterocycles. The number of nitrogens with two attached hydrogens (primary N) is 1. The normalized spacial score (nSPS) is 15.1. The number of amides is 1. The number of nitrogens with one attached hydrogen (secondary N) is 1. The first-order chi connectivity index (χ1) is 7.84. The standard InChI is InChI=1S/C13H20N2O2/c1-9(16)13(2,3)15-12(17)11(14)10-7-5-4-6-8-10/h4-9,11,16H,14H2,1-3H3,(H,15,17)/t9?,11-/m0/s1. The number of hydrogen-bond acceptors (Lipinski definition) is 3. The molecule has 2 atom stereocenters. The van der Waals surface area contributed by atoms with Gasteiger partial charge in [0, 0.05) is 0 Å². The predicted molar refractivity (Wildman–Crippen MR) is 67.3 cm³/mol. The Hall–Kier alpha value is -1.39. The summed E-state index contributed by atoms with van der Waals surface area (Å²) >= 11 is 0. The second-order valence-corrected chi connectivity index (χ2v) is 4.78. The first-order valence-corrected chi connectivity index (χ1v) is 5.65. The van der Waals surface area contributed by atoms with Gasteiger partial charge in [0.05, 0.1) is 11.6 Å². The van der Waals surface area contributed by atoms with E-state index in [1.54, 1.807) is 32.9 Å². The van der Waals surface area contributed by atoms with E-state index < -0.39 is 17.7 Å². The summed E-state index contributed by atoms with van der Waals surface area (Å²) in [6.45, 7) is 5.15. The maximum Gasteiger partial charge on any atom is 0.242 e. The van der Waals surface area contributed by atoms with Crippen LogP contribution >= 0.6 is 0 Å². The summed E-state index contributed by atoms with van der Waals surface area (Å²) in [7, 11) is 0. The fraction of sp³-hybridized carbons (Fsp3) is 0.462. The molecule has 4 N–H and O–H groups in total. The second-order valence-electron chi connectivity index (χ2n) is 4.78. The molecule has 94 valence electrons. The highest BCUT2D eigenvalue weighted by atomic mass is 16.3. The molecule has 0 radical (unpaired) electrons. The minimum Gasteiger partial charge on any atom is -0.391 e. The van der Waals surface area contributed by atoms with Gasteiger partial charge in [0.15, 0.2) is 0 Å². The van der Waals surface area contributed by atoms with Crippen molar-refractivity contribution in [1.29, 1.82) is 0 Å². The summed E-state index contributed by atoms with van der Waals surface area (Å²) in [6.07, 6.45) is -0.644. The summed E-state index contributed by atoms with van der Waals surface area (Å²) in [5, 5.41) is 12.3. The van der Waals surface area contributed by atoms with Crippen molar-refractivity contribution in [2.75, 3.05) is 0 Å². The lowest BCUT2D eigenvalue weighted by molar-refractivity contribution is -0.125. The monoisotopic (exact) mass is 236 g/mol. The van der Waals surface area contributed by atoms with Crippen LogP contribution in [-0.2, 0) is 4.79 Å². The number of carbonyl (C=O) groups excluding carboxylic acids is 1. The van der Waals surface area contributed by atoms with Crippen LogP contribution in [0.2, 0.25) is 0 Å². The third-order valence-corrected chi connectivity index (χ3v) is 2.93. The topological polar surface area (TPSA) is 75.3 Å². The number of benzene rings is 1. The average Bonchev–Trinajstić information content (AvgIpc) is 2.28. The molecule has 0 spiro atoms. The number of aliphatic hydroxyl groups excluding tert-OH is 1. The summed E-state index contributed by atoms with van der Waals surface area (Å²) < 4.78 is 0. The van der Waals surface area contributed by atoms with Crippen LogP contribution in [0.3, 0.4) is 0 Å². The molecule has 1 aromatic carbocycles. The summed E-state index contributed by atoms with van der Waals surface area (Å²) in [6, 6.07) is 8.44. The molecule has 0 aliphatic rings. The Labute approximate surface area is 102 Å². The number of aliphatic hydroxyl groups is 1. The molecule has 0 saturated heterocycles. The zero-order valence-corrected chi connectivity index (χ0v) is 10.5. The highest BCUT2D eigenvalue weighted by molar-refractivity contribution is 5.83. The number of carbonyl (C=O) groups is 1. The van der Waals surface area contributed by atoms with Gasteiger partial charge in [0.2, 0.25) is 5.91 Å². The Balaban J connectivity index is 2.72. The summed E-state index contributed by atoms with van der Waals surface area (Å²) in [5.74, 6) is -0.290. The van der Waals surface area contributed by atoms with Crippen molar-refractivity contribution in [3.8, 4) is 0 Å². The maximum absolute atomic E-state index is 11.9. The fourth-order valence-electron chi connectivity index (χ4n) is 1.31. The van der Waals surface area contributed by atoms with Gasteiger partial charge in [-0.25, -0.2) is 0 Å². The Morgan fingerprint density at radius 3 is 2.35 bits per heavy atom. The fourth-order valence-corrected chi connectivity index (χ4v) is 1.31. The first kappa shape index (κ1) is 13.7. The summed E-state index contributed by atoms with van der Waals surface area (Å²) in [4.78, 5) is 11.9. The molecule has 1 rings (SSSR count). The molecular weight excluding hydrogens is 216 g/mol. The van der Waals surface area contributed by atoms with Crippen molar-refractivity contribution >= 4 is 5.91 Å². The van der Waals surface area contributed by atoms with E-state index in [0.29, 0.717) is 0 Å². The highest BCUT2D eigenvalue weighted by Crippen LogP contribution is 2.13. The van der Waals surface area contributed by atoms with Crippen molar-refractivity contribution in [2.24, 2.45) is 5.73 Å². The van der Waals surface area contributed by atoms with Crippen LogP contribution in [0.5, 0.6) is 0 Å². The van der Waals surface area contributed by atoms with Gasteiger partial charge in [-0.3, -0.25) is 4.79 Å². The quantitative estimate of drug-likeness (QED) is 0.729. The lowest BCUT2D eigenvalue weighted by Crippen LogP contribution is -2.53. The number of rotatable bonds is 4. The Morgan fingerprint density at radius 2 is 1.88 bits per heavy atom. The van der Waals surface area contributed by atoms with Crippen LogP contribution in [0.15, 0.2) is 30.3 Å². The highest BCUT2D eigenvalue weighted by Gasteiger charge is 2.28. The summed E-state index contributed by atoms with van der Waals surface area (Å²) in [5.41, 5.74) is 5.92. The van der Waals surface area contributed by atoms with Crippen molar-refractivity contribution in [3.63, 3.8) is 0 Å². The van der Waals surface area contributed by atoms with E-state index in [1.165, 1.54) is 0 Å². The van der Waals surface area contributed by atoms with Crippen molar-refractivity contribution in [1.82, 2.24) is 5.32 Å². The van der Waals surface area contributed by atoms with E-state index >= 15 is 0 Å². The largest absolute Gasteiger partial charge is 0.391 e. The SMILES string of the molecule is CC(O)C(C)(C)NC(=O)[C@@H](N)c1ccccc1. The minimum atomic E-state index is -0.714. The minimum absolute atomic E-state index is 0.290. The third kappa shape index (κ3) is 3.54. The molecule has 4 heteroatoms. The first-order valence-electron chi connectivity index (χ1n) is 5.65. The van der Waals surface area contributed by atoms with Crippen molar-refractivity contribution in [3.05, 3.63) is 35.9 Å². The van der Waals surface area contributed by atoms with E-state index in [2.05, 4.69) is 5.32 Å². The van der Waals surface area contributed by atoms with Gasteiger partial charge in [-0.15, -0.1) is 0 Å². The van der Waals surface area contributed by atoms with E-state index in [1.807, 2.05) is 18.2 Å². The van der Waals surface area contributed by atoms with Gasteiger partial charge in [0.1, 0.15) is 6.04 Å². The van der Waals surface area contributed by atoms with Gasteiger partial charge in [-0.2, -0.15) is 0 Å². The zero-order chi connectivity index (χ0) is 13.1. The molecule has 1 amide bonds. The lowest BCUT2D eigenvalue weighted by Gasteiger charge is -2.30.